The van der Waals surface area contributed by atoms with Crippen molar-refractivity contribution in [2.45, 2.75) is 18.9 Å². The molecule has 0 radical (unpaired) electrons. The van der Waals surface area contributed by atoms with E-state index in [9.17, 15) is 9.59 Å². The smallest absolute Gasteiger partial charge is 0.170 e. The third-order valence-corrected chi connectivity index (χ3v) is 4.43. The van der Waals surface area contributed by atoms with E-state index in [4.69, 9.17) is 4.74 Å². The van der Waals surface area contributed by atoms with Gasteiger partial charge in [0.15, 0.2) is 5.78 Å². The predicted octanol–water partition coefficient (Wildman–Crippen LogP) is 1.54. The summed E-state index contributed by atoms with van der Waals surface area (Å²) in [5.41, 5.74) is 0.622. The number of hydrogen-bond acceptors (Lipinski definition) is 3. The van der Waals surface area contributed by atoms with Crippen molar-refractivity contribution in [3.8, 4) is 0 Å². The van der Waals surface area contributed by atoms with Crippen LogP contribution in [0, 0.1) is 23.7 Å². The van der Waals surface area contributed by atoms with Crippen molar-refractivity contribution in [1.29, 1.82) is 0 Å². The summed E-state index contributed by atoms with van der Waals surface area (Å²) in [5.74, 6) is 0.459. The highest BCUT2D eigenvalue weighted by molar-refractivity contribution is 5.99. The molecule has 0 spiro atoms. The molecule has 0 heterocycles. The summed E-state index contributed by atoms with van der Waals surface area (Å²) < 4.78 is 5.23. The van der Waals surface area contributed by atoms with E-state index in [1.807, 2.05) is 0 Å². The van der Waals surface area contributed by atoms with Crippen molar-refractivity contribution in [1.82, 2.24) is 0 Å². The Hall–Kier alpha value is -1.22. The fraction of sp³-hybridized carbons (Fsp3) is 0.571. The molecule has 90 valence electrons. The minimum absolute atomic E-state index is 0.0604. The Balaban J connectivity index is 2.02. The van der Waals surface area contributed by atoms with Gasteiger partial charge in [0, 0.05) is 25.4 Å². The van der Waals surface area contributed by atoms with Gasteiger partial charge in [-0.05, 0) is 23.8 Å². The second-order valence-corrected chi connectivity index (χ2v) is 5.32. The van der Waals surface area contributed by atoms with Crippen molar-refractivity contribution < 1.29 is 14.3 Å². The van der Waals surface area contributed by atoms with Gasteiger partial charge in [0.2, 0.25) is 0 Å². The van der Waals surface area contributed by atoms with E-state index in [-0.39, 0.29) is 35.2 Å². The molecular weight excluding hydrogens is 216 g/mol. The molecule has 0 aromatic heterocycles. The molecule has 3 rings (SSSR count). The fourth-order valence-corrected chi connectivity index (χ4v) is 3.74. The highest BCUT2D eigenvalue weighted by atomic mass is 16.5. The minimum Gasteiger partial charge on any atom is -0.369 e. The van der Waals surface area contributed by atoms with Crippen LogP contribution in [0.15, 0.2) is 24.3 Å². The van der Waals surface area contributed by atoms with Crippen LogP contribution >= 0.6 is 0 Å². The van der Waals surface area contributed by atoms with Crippen molar-refractivity contribution in [3.05, 3.63) is 24.3 Å². The Morgan fingerprint density at radius 1 is 1.24 bits per heavy atom. The Kier molecular flexibility index (Phi) is 2.33. The fourth-order valence-electron chi connectivity index (χ4n) is 3.74. The van der Waals surface area contributed by atoms with Gasteiger partial charge in [-0.1, -0.05) is 18.7 Å². The molecule has 0 N–H and O–H groups in total. The van der Waals surface area contributed by atoms with Gasteiger partial charge in [0.05, 0.1) is 0 Å². The molecular formula is C14H16O3. The lowest BCUT2D eigenvalue weighted by atomic mass is 9.78. The summed E-state index contributed by atoms with van der Waals surface area (Å²) in [5, 5.41) is 0. The molecule has 3 nitrogen and oxygen atoms in total. The zero-order valence-corrected chi connectivity index (χ0v) is 9.89. The number of ether oxygens (including phenoxy) is 1. The van der Waals surface area contributed by atoms with E-state index in [0.29, 0.717) is 12.0 Å². The second-order valence-electron chi connectivity index (χ2n) is 5.32. The van der Waals surface area contributed by atoms with Gasteiger partial charge in [-0.15, -0.1) is 0 Å². The average Bonchev–Trinajstić information content (AvgIpc) is 2.86. The SMILES string of the molecule is C=C1CC(=O)[C@@H]2[C@H](C(=O)C1OC)[C@@H]1C=C[C@H]2C1. The highest BCUT2D eigenvalue weighted by Crippen LogP contribution is 2.51. The first kappa shape index (κ1) is 10.9. The molecule has 0 aromatic rings. The van der Waals surface area contributed by atoms with E-state index < -0.39 is 6.10 Å². The van der Waals surface area contributed by atoms with Crippen LogP contribution in [0.4, 0.5) is 0 Å². The van der Waals surface area contributed by atoms with E-state index >= 15 is 0 Å². The molecule has 3 aliphatic carbocycles. The average molecular weight is 232 g/mol. The molecule has 3 aliphatic rings. The molecule has 0 amide bonds. The van der Waals surface area contributed by atoms with Gasteiger partial charge < -0.3 is 4.74 Å². The molecule has 3 heteroatoms. The van der Waals surface area contributed by atoms with E-state index in [1.54, 1.807) is 0 Å². The number of Topliss-reactive ketones (excluding diaryl/α,β-unsaturated/α-hetero) is 2. The van der Waals surface area contributed by atoms with Gasteiger partial charge >= 0.3 is 0 Å². The zero-order chi connectivity index (χ0) is 12.2. The third-order valence-electron chi connectivity index (χ3n) is 4.43. The number of allylic oxidation sites excluding steroid dienone is 2. The van der Waals surface area contributed by atoms with Crippen molar-refractivity contribution >= 4 is 11.6 Å². The van der Waals surface area contributed by atoms with Crippen LogP contribution < -0.4 is 0 Å². The molecule has 2 fully saturated rings. The normalized spacial score (nSPS) is 44.1. The maximum Gasteiger partial charge on any atom is 0.170 e. The number of methoxy groups -OCH3 is 1. The van der Waals surface area contributed by atoms with Crippen LogP contribution in [0.3, 0.4) is 0 Å². The quantitative estimate of drug-likeness (QED) is 0.644. The van der Waals surface area contributed by atoms with Gasteiger partial charge in [0.25, 0.3) is 0 Å². The van der Waals surface area contributed by atoms with Crippen LogP contribution in [0.25, 0.3) is 0 Å². The van der Waals surface area contributed by atoms with Crippen molar-refractivity contribution in [2.75, 3.05) is 7.11 Å². The Labute approximate surface area is 101 Å². The molecule has 2 saturated carbocycles. The molecule has 17 heavy (non-hydrogen) atoms. The first-order valence-electron chi connectivity index (χ1n) is 6.08. The first-order valence-corrected chi connectivity index (χ1v) is 6.08. The lowest BCUT2D eigenvalue weighted by Crippen LogP contribution is -2.36. The molecule has 0 aliphatic heterocycles. The van der Waals surface area contributed by atoms with Crippen LogP contribution in [0.1, 0.15) is 12.8 Å². The van der Waals surface area contributed by atoms with E-state index in [2.05, 4.69) is 18.7 Å². The number of hydrogen-bond donors (Lipinski definition) is 0. The summed E-state index contributed by atoms with van der Waals surface area (Å²) >= 11 is 0. The second kappa shape index (κ2) is 3.64. The monoisotopic (exact) mass is 232 g/mol. The molecule has 2 bridgehead atoms. The zero-order valence-electron chi connectivity index (χ0n) is 9.89. The van der Waals surface area contributed by atoms with Crippen molar-refractivity contribution in [2.24, 2.45) is 23.7 Å². The van der Waals surface area contributed by atoms with Gasteiger partial charge in [0.1, 0.15) is 11.9 Å². The Morgan fingerprint density at radius 2 is 1.88 bits per heavy atom. The van der Waals surface area contributed by atoms with Gasteiger partial charge in [-0.3, -0.25) is 9.59 Å². The molecule has 0 saturated heterocycles. The molecule has 1 unspecified atom stereocenters. The number of fused-ring (bicyclic) bond motifs is 5. The predicted molar refractivity (Wildman–Crippen MR) is 62.3 cm³/mol. The van der Waals surface area contributed by atoms with E-state index in [0.717, 1.165) is 6.42 Å². The minimum atomic E-state index is -0.582. The van der Waals surface area contributed by atoms with Crippen LogP contribution in [0.5, 0.6) is 0 Å². The number of carbonyl (C=O) groups excluding carboxylic acids is 2. The summed E-state index contributed by atoms with van der Waals surface area (Å²) in [7, 11) is 1.52. The van der Waals surface area contributed by atoms with Crippen LogP contribution in [-0.2, 0) is 14.3 Å². The Bertz CT molecular complexity index is 435. The van der Waals surface area contributed by atoms with Crippen LogP contribution in [0.2, 0.25) is 0 Å². The number of ketones is 2. The Morgan fingerprint density at radius 3 is 2.53 bits per heavy atom. The first-order chi connectivity index (χ1) is 8.13. The number of carbonyl (C=O) groups is 2. The van der Waals surface area contributed by atoms with E-state index in [1.165, 1.54) is 7.11 Å². The summed E-state index contributed by atoms with van der Waals surface area (Å²) in [4.78, 5) is 24.6. The summed E-state index contributed by atoms with van der Waals surface area (Å²) in [6.45, 7) is 3.84. The topological polar surface area (TPSA) is 43.4 Å². The van der Waals surface area contributed by atoms with Crippen molar-refractivity contribution in [3.63, 3.8) is 0 Å². The van der Waals surface area contributed by atoms with Crippen LogP contribution in [-0.4, -0.2) is 24.8 Å². The maximum absolute atomic E-state index is 12.4. The van der Waals surface area contributed by atoms with Gasteiger partial charge in [-0.25, -0.2) is 0 Å². The number of rotatable bonds is 1. The molecule has 5 atom stereocenters. The largest absolute Gasteiger partial charge is 0.369 e. The summed E-state index contributed by atoms with van der Waals surface area (Å²) in [6, 6.07) is 0. The standard InChI is InChI=1S/C14H16O3/c1-7-5-10(15)11-8-3-4-9(6-8)12(11)13(16)14(7)17-2/h3-4,8-9,11-12,14H,1,5-6H2,2H3/t8-,9+,11+,12+,14?/m0/s1. The maximum atomic E-state index is 12.4. The third kappa shape index (κ3) is 1.38. The summed E-state index contributed by atoms with van der Waals surface area (Å²) in [6.07, 6.45) is 4.87. The lowest BCUT2D eigenvalue weighted by molar-refractivity contribution is -0.135. The lowest BCUT2D eigenvalue weighted by Gasteiger charge is -2.24. The highest BCUT2D eigenvalue weighted by Gasteiger charge is 2.54. The molecule has 0 aromatic carbocycles. The van der Waals surface area contributed by atoms with Gasteiger partial charge in [-0.2, -0.15) is 0 Å².